The molecule has 1 aliphatic rings. The van der Waals surface area contributed by atoms with E-state index in [1.165, 1.54) is 5.56 Å². The molecule has 0 saturated carbocycles. The molecule has 23 heavy (non-hydrogen) atoms. The van der Waals surface area contributed by atoms with Crippen LogP contribution in [0, 0.1) is 0 Å². The molecule has 0 radical (unpaired) electrons. The van der Waals surface area contributed by atoms with E-state index in [4.69, 9.17) is 0 Å². The summed E-state index contributed by atoms with van der Waals surface area (Å²) in [5.41, 5.74) is 1.35. The molecule has 0 unspecified atom stereocenters. The number of likely N-dealkylation sites (N-methyl/N-ethyl adjacent to an activating group) is 1. The third-order valence-electron chi connectivity index (χ3n) is 4.77. The van der Waals surface area contributed by atoms with E-state index in [0.717, 1.165) is 19.4 Å². The number of benzene rings is 2. The number of hydrogen-bond donors (Lipinski definition) is 0. The van der Waals surface area contributed by atoms with E-state index >= 15 is 0 Å². The molecule has 0 spiro atoms. The van der Waals surface area contributed by atoms with Crippen LogP contribution in [0.1, 0.15) is 24.3 Å². The highest BCUT2D eigenvalue weighted by atomic mass is 32.2. The van der Waals surface area contributed by atoms with Gasteiger partial charge in [0.05, 0.1) is 10.6 Å². The monoisotopic (exact) mass is 329 g/mol. The lowest BCUT2D eigenvalue weighted by molar-refractivity contribution is 0.182. The van der Waals surface area contributed by atoms with Crippen molar-refractivity contribution in [2.24, 2.45) is 0 Å². The van der Waals surface area contributed by atoms with Crippen LogP contribution in [0.25, 0.3) is 0 Å². The van der Waals surface area contributed by atoms with Gasteiger partial charge in [0.15, 0.2) is 9.84 Å². The SMILES string of the molecule is CN1C[C@H](c2ccccc2)CC[C@@H]1CS(=O)(=O)c1ccccc1. The van der Waals surface area contributed by atoms with Crippen molar-refractivity contribution in [3.8, 4) is 0 Å². The van der Waals surface area contributed by atoms with Gasteiger partial charge in [-0.3, -0.25) is 0 Å². The first-order valence-corrected chi connectivity index (χ1v) is 9.74. The van der Waals surface area contributed by atoms with Crippen LogP contribution in [0.4, 0.5) is 0 Å². The third-order valence-corrected chi connectivity index (χ3v) is 6.58. The fourth-order valence-electron chi connectivity index (χ4n) is 3.39. The van der Waals surface area contributed by atoms with Crippen LogP contribution < -0.4 is 0 Å². The number of hydrogen-bond acceptors (Lipinski definition) is 3. The van der Waals surface area contributed by atoms with Crippen LogP contribution >= 0.6 is 0 Å². The van der Waals surface area contributed by atoms with Gasteiger partial charge in [-0.2, -0.15) is 0 Å². The Morgan fingerprint density at radius 1 is 0.957 bits per heavy atom. The second-order valence-corrected chi connectivity index (χ2v) is 8.41. The number of nitrogens with zero attached hydrogens (tertiary/aromatic N) is 1. The smallest absolute Gasteiger partial charge is 0.179 e. The molecule has 2 atom stereocenters. The molecule has 2 aromatic carbocycles. The maximum atomic E-state index is 12.6. The lowest BCUT2D eigenvalue weighted by Crippen LogP contribution is -2.43. The first kappa shape index (κ1) is 16.2. The summed E-state index contributed by atoms with van der Waals surface area (Å²) in [5.74, 6) is 0.701. The predicted molar refractivity (Wildman–Crippen MR) is 93.3 cm³/mol. The Balaban J connectivity index is 1.67. The van der Waals surface area contributed by atoms with E-state index in [1.54, 1.807) is 24.3 Å². The van der Waals surface area contributed by atoms with Crippen LogP contribution in [0.5, 0.6) is 0 Å². The van der Waals surface area contributed by atoms with Crippen LogP contribution in [-0.2, 0) is 9.84 Å². The van der Waals surface area contributed by atoms with Crippen molar-refractivity contribution in [2.75, 3.05) is 19.3 Å². The highest BCUT2D eigenvalue weighted by Gasteiger charge is 2.30. The molecule has 0 aromatic heterocycles. The molecule has 3 rings (SSSR count). The van der Waals surface area contributed by atoms with Gasteiger partial charge in [0.25, 0.3) is 0 Å². The summed E-state index contributed by atoms with van der Waals surface area (Å²) in [4.78, 5) is 2.64. The Hall–Kier alpha value is -1.65. The molecule has 1 heterocycles. The predicted octanol–water partition coefficient (Wildman–Crippen LogP) is 3.34. The van der Waals surface area contributed by atoms with Crippen LogP contribution in [-0.4, -0.2) is 38.7 Å². The van der Waals surface area contributed by atoms with Gasteiger partial charge in [-0.05, 0) is 43.5 Å². The van der Waals surface area contributed by atoms with Gasteiger partial charge in [-0.1, -0.05) is 48.5 Å². The normalized spacial score (nSPS) is 22.8. The molecule has 1 saturated heterocycles. The molecule has 0 N–H and O–H groups in total. The van der Waals surface area contributed by atoms with E-state index in [-0.39, 0.29) is 11.8 Å². The summed E-state index contributed by atoms with van der Waals surface area (Å²) in [7, 11) is -1.17. The molecule has 122 valence electrons. The van der Waals surface area contributed by atoms with E-state index < -0.39 is 9.84 Å². The maximum Gasteiger partial charge on any atom is 0.179 e. The van der Waals surface area contributed by atoms with Crippen LogP contribution in [0.3, 0.4) is 0 Å². The first-order valence-electron chi connectivity index (χ1n) is 8.09. The lowest BCUT2D eigenvalue weighted by atomic mass is 9.88. The Labute approximate surface area is 138 Å². The van der Waals surface area contributed by atoms with Gasteiger partial charge in [0.1, 0.15) is 0 Å². The molecule has 1 fully saturated rings. The fraction of sp³-hybridized carbons (Fsp3) is 0.368. The van der Waals surface area contributed by atoms with E-state index in [0.29, 0.717) is 10.8 Å². The highest BCUT2D eigenvalue weighted by molar-refractivity contribution is 7.91. The number of piperidine rings is 1. The van der Waals surface area contributed by atoms with Crippen LogP contribution in [0.15, 0.2) is 65.6 Å². The first-order chi connectivity index (χ1) is 11.1. The Morgan fingerprint density at radius 2 is 1.57 bits per heavy atom. The van der Waals surface area contributed by atoms with Gasteiger partial charge < -0.3 is 4.90 Å². The van der Waals surface area contributed by atoms with Gasteiger partial charge in [-0.15, -0.1) is 0 Å². The average molecular weight is 329 g/mol. The minimum absolute atomic E-state index is 0.0974. The molecule has 0 amide bonds. The lowest BCUT2D eigenvalue weighted by Gasteiger charge is -2.37. The van der Waals surface area contributed by atoms with Crippen LogP contribution in [0.2, 0.25) is 0 Å². The molecular formula is C19H23NO2S. The molecule has 2 aromatic rings. The number of sulfone groups is 1. The molecular weight excluding hydrogens is 306 g/mol. The van der Waals surface area contributed by atoms with Crippen molar-refractivity contribution in [3.05, 3.63) is 66.2 Å². The van der Waals surface area contributed by atoms with Gasteiger partial charge >= 0.3 is 0 Å². The van der Waals surface area contributed by atoms with Crippen molar-refractivity contribution >= 4 is 9.84 Å². The highest BCUT2D eigenvalue weighted by Crippen LogP contribution is 2.30. The minimum atomic E-state index is -3.22. The van der Waals surface area contributed by atoms with Crippen molar-refractivity contribution in [2.45, 2.75) is 29.7 Å². The Kier molecular flexibility index (Phi) is 4.83. The second-order valence-electron chi connectivity index (χ2n) is 6.37. The fourth-order valence-corrected chi connectivity index (χ4v) is 5.08. The molecule has 4 heteroatoms. The summed E-state index contributed by atoms with van der Waals surface area (Å²) in [6.45, 7) is 0.916. The maximum absolute atomic E-state index is 12.6. The summed E-state index contributed by atoms with van der Waals surface area (Å²) in [6.07, 6.45) is 1.96. The van der Waals surface area contributed by atoms with Crippen molar-refractivity contribution in [1.29, 1.82) is 0 Å². The summed E-state index contributed by atoms with van der Waals surface area (Å²) in [6, 6.07) is 19.4. The molecule has 0 bridgehead atoms. The van der Waals surface area contributed by atoms with E-state index in [2.05, 4.69) is 29.2 Å². The summed E-state index contributed by atoms with van der Waals surface area (Å²) >= 11 is 0. The van der Waals surface area contributed by atoms with Crippen molar-refractivity contribution in [1.82, 2.24) is 4.90 Å². The number of rotatable bonds is 4. The number of likely N-dealkylation sites (tertiary alicyclic amines) is 1. The molecule has 0 aliphatic carbocycles. The van der Waals surface area contributed by atoms with E-state index in [1.807, 2.05) is 19.2 Å². The largest absolute Gasteiger partial charge is 0.302 e. The zero-order chi connectivity index (χ0) is 16.3. The summed E-state index contributed by atoms with van der Waals surface area (Å²) < 4.78 is 25.1. The summed E-state index contributed by atoms with van der Waals surface area (Å²) in [5, 5.41) is 0. The minimum Gasteiger partial charge on any atom is -0.302 e. The standard InChI is InChI=1S/C19H23NO2S/c1-20-14-17(16-8-4-2-5-9-16)12-13-18(20)15-23(21,22)19-10-6-3-7-11-19/h2-11,17-18H,12-15H2,1H3/t17-,18-/m1/s1. The zero-order valence-electron chi connectivity index (χ0n) is 13.4. The van der Waals surface area contributed by atoms with Crippen molar-refractivity contribution in [3.63, 3.8) is 0 Å². The molecule has 1 aliphatic heterocycles. The Morgan fingerprint density at radius 3 is 2.17 bits per heavy atom. The zero-order valence-corrected chi connectivity index (χ0v) is 14.2. The topological polar surface area (TPSA) is 37.4 Å². The van der Waals surface area contributed by atoms with Gasteiger partial charge in [0.2, 0.25) is 0 Å². The average Bonchev–Trinajstić information content (AvgIpc) is 2.58. The van der Waals surface area contributed by atoms with Gasteiger partial charge in [0, 0.05) is 12.6 Å². The molecule has 3 nitrogen and oxygen atoms in total. The van der Waals surface area contributed by atoms with Gasteiger partial charge in [-0.25, -0.2) is 8.42 Å². The second kappa shape index (κ2) is 6.85. The quantitative estimate of drug-likeness (QED) is 0.863. The van der Waals surface area contributed by atoms with E-state index in [9.17, 15) is 8.42 Å². The third kappa shape index (κ3) is 3.82. The van der Waals surface area contributed by atoms with Crippen molar-refractivity contribution < 1.29 is 8.42 Å². The Bertz CT molecular complexity index is 728.